The maximum absolute atomic E-state index is 12.6. The van der Waals surface area contributed by atoms with Gasteiger partial charge in [0.05, 0.1) is 18.5 Å². The highest BCUT2D eigenvalue weighted by molar-refractivity contribution is 9.10. The number of rotatable bonds is 5. The van der Waals surface area contributed by atoms with Crippen LogP contribution in [-0.2, 0) is 14.4 Å². The Morgan fingerprint density at radius 2 is 1.97 bits per heavy atom. The standard InChI is InChI=1S/C21H20BrN3O5/c1-29-17-10-14(5-7-15(17)24-8-2-3-20(24)27)23-19(26)11-25-16-6-4-13(22)9-18(16)30-12-21(25)28/h4-7,9-10H,2-3,8,11-12H2,1H3,(H,23,26). The summed E-state index contributed by atoms with van der Waals surface area (Å²) in [6.07, 6.45) is 1.33. The number of nitrogens with zero attached hydrogens (tertiary/aromatic N) is 2. The molecular formula is C21H20BrN3O5. The van der Waals surface area contributed by atoms with E-state index < -0.39 is 0 Å². The predicted octanol–water partition coefficient (Wildman–Crippen LogP) is 2.95. The lowest BCUT2D eigenvalue weighted by Crippen LogP contribution is -2.43. The van der Waals surface area contributed by atoms with Crippen molar-refractivity contribution in [3.8, 4) is 11.5 Å². The first-order chi connectivity index (χ1) is 14.5. The van der Waals surface area contributed by atoms with Crippen molar-refractivity contribution >= 4 is 50.7 Å². The van der Waals surface area contributed by atoms with Crippen LogP contribution in [-0.4, -0.2) is 44.5 Å². The molecule has 1 fully saturated rings. The Morgan fingerprint density at radius 1 is 1.17 bits per heavy atom. The monoisotopic (exact) mass is 473 g/mol. The Morgan fingerprint density at radius 3 is 2.70 bits per heavy atom. The van der Waals surface area contributed by atoms with Crippen LogP contribution < -0.4 is 24.6 Å². The van der Waals surface area contributed by atoms with Crippen molar-refractivity contribution in [1.82, 2.24) is 0 Å². The second kappa shape index (κ2) is 8.35. The van der Waals surface area contributed by atoms with Crippen LogP contribution in [0.2, 0.25) is 0 Å². The Bertz CT molecular complexity index is 1030. The fourth-order valence-corrected chi connectivity index (χ4v) is 3.92. The Kier molecular flexibility index (Phi) is 5.63. The minimum absolute atomic E-state index is 0.0567. The molecule has 156 valence electrons. The topological polar surface area (TPSA) is 88.2 Å². The third-order valence-corrected chi connectivity index (χ3v) is 5.49. The summed E-state index contributed by atoms with van der Waals surface area (Å²) < 4.78 is 11.7. The molecule has 2 aromatic rings. The zero-order valence-corrected chi connectivity index (χ0v) is 17.9. The number of anilines is 3. The van der Waals surface area contributed by atoms with Gasteiger partial charge in [0.15, 0.2) is 6.61 Å². The van der Waals surface area contributed by atoms with Crippen LogP contribution >= 0.6 is 15.9 Å². The second-order valence-corrected chi connectivity index (χ2v) is 7.88. The minimum Gasteiger partial charge on any atom is -0.494 e. The molecule has 2 heterocycles. The first-order valence-corrected chi connectivity index (χ1v) is 10.3. The van der Waals surface area contributed by atoms with Gasteiger partial charge in [-0.15, -0.1) is 0 Å². The third kappa shape index (κ3) is 3.97. The molecule has 30 heavy (non-hydrogen) atoms. The number of ether oxygens (including phenoxy) is 2. The van der Waals surface area contributed by atoms with E-state index in [1.165, 1.54) is 12.0 Å². The van der Waals surface area contributed by atoms with E-state index in [4.69, 9.17) is 9.47 Å². The lowest BCUT2D eigenvalue weighted by Gasteiger charge is -2.29. The fraction of sp³-hybridized carbons (Fsp3) is 0.286. The van der Waals surface area contributed by atoms with Crippen molar-refractivity contribution in [1.29, 1.82) is 0 Å². The number of carbonyl (C=O) groups is 3. The van der Waals surface area contributed by atoms with Gasteiger partial charge in [-0.3, -0.25) is 19.3 Å². The van der Waals surface area contributed by atoms with Gasteiger partial charge in [0.1, 0.15) is 18.0 Å². The number of methoxy groups -OCH3 is 1. The molecule has 3 amide bonds. The number of carbonyl (C=O) groups excluding carboxylic acids is 3. The summed E-state index contributed by atoms with van der Waals surface area (Å²) in [4.78, 5) is 40.1. The molecule has 0 bridgehead atoms. The van der Waals surface area contributed by atoms with Crippen molar-refractivity contribution in [2.75, 3.05) is 41.9 Å². The van der Waals surface area contributed by atoms with E-state index in [2.05, 4.69) is 21.2 Å². The highest BCUT2D eigenvalue weighted by atomic mass is 79.9. The highest BCUT2D eigenvalue weighted by Crippen LogP contribution is 2.35. The van der Waals surface area contributed by atoms with E-state index in [0.717, 1.165) is 10.9 Å². The highest BCUT2D eigenvalue weighted by Gasteiger charge is 2.28. The molecule has 0 atom stereocenters. The van der Waals surface area contributed by atoms with Crippen LogP contribution in [0.3, 0.4) is 0 Å². The molecule has 0 saturated carbocycles. The van der Waals surface area contributed by atoms with Crippen LogP contribution in [0.4, 0.5) is 17.1 Å². The van der Waals surface area contributed by atoms with Gasteiger partial charge in [-0.2, -0.15) is 0 Å². The summed E-state index contributed by atoms with van der Waals surface area (Å²) in [5.41, 5.74) is 1.75. The maximum Gasteiger partial charge on any atom is 0.265 e. The molecule has 1 saturated heterocycles. The number of halogens is 1. The normalized spacial score (nSPS) is 15.7. The molecule has 2 aromatic carbocycles. The van der Waals surface area contributed by atoms with Crippen molar-refractivity contribution in [3.63, 3.8) is 0 Å². The molecular weight excluding hydrogens is 454 g/mol. The molecule has 0 radical (unpaired) electrons. The van der Waals surface area contributed by atoms with Gasteiger partial charge >= 0.3 is 0 Å². The number of amides is 3. The lowest BCUT2D eigenvalue weighted by atomic mass is 10.2. The van der Waals surface area contributed by atoms with Gasteiger partial charge < -0.3 is 19.7 Å². The quantitative estimate of drug-likeness (QED) is 0.720. The number of hydrogen-bond acceptors (Lipinski definition) is 5. The summed E-state index contributed by atoms with van der Waals surface area (Å²) in [7, 11) is 1.52. The molecule has 0 unspecified atom stereocenters. The molecule has 9 heteroatoms. The summed E-state index contributed by atoms with van der Waals surface area (Å²) in [5, 5.41) is 2.79. The number of fused-ring (bicyclic) bond motifs is 1. The van der Waals surface area contributed by atoms with E-state index in [0.29, 0.717) is 41.5 Å². The summed E-state index contributed by atoms with van der Waals surface area (Å²) >= 11 is 3.37. The van der Waals surface area contributed by atoms with E-state index in [9.17, 15) is 14.4 Å². The van der Waals surface area contributed by atoms with Gasteiger partial charge in [0.2, 0.25) is 11.8 Å². The Labute approximate surface area is 181 Å². The van der Waals surface area contributed by atoms with Crippen molar-refractivity contribution in [2.24, 2.45) is 0 Å². The first kappa shape index (κ1) is 20.2. The minimum atomic E-state index is -0.355. The predicted molar refractivity (Wildman–Crippen MR) is 115 cm³/mol. The van der Waals surface area contributed by atoms with Crippen LogP contribution in [0.1, 0.15) is 12.8 Å². The van der Waals surface area contributed by atoms with Crippen LogP contribution in [0.25, 0.3) is 0 Å². The zero-order chi connectivity index (χ0) is 21.3. The average Bonchev–Trinajstić information content (AvgIpc) is 3.15. The number of nitrogens with one attached hydrogen (secondary N) is 1. The van der Waals surface area contributed by atoms with Crippen molar-refractivity contribution in [3.05, 3.63) is 40.9 Å². The van der Waals surface area contributed by atoms with Gasteiger partial charge in [-0.1, -0.05) is 15.9 Å². The van der Waals surface area contributed by atoms with Crippen LogP contribution in [0, 0.1) is 0 Å². The van der Waals surface area contributed by atoms with E-state index in [1.54, 1.807) is 41.3 Å². The van der Waals surface area contributed by atoms with Crippen LogP contribution in [0.5, 0.6) is 11.5 Å². The molecule has 8 nitrogen and oxygen atoms in total. The summed E-state index contributed by atoms with van der Waals surface area (Å²) in [6, 6.07) is 10.4. The molecule has 0 aromatic heterocycles. The molecule has 1 N–H and O–H groups in total. The largest absolute Gasteiger partial charge is 0.494 e. The average molecular weight is 474 g/mol. The van der Waals surface area contributed by atoms with Crippen LogP contribution in [0.15, 0.2) is 40.9 Å². The SMILES string of the molecule is COc1cc(NC(=O)CN2C(=O)COc3cc(Br)ccc32)ccc1N1CCCC1=O. The maximum atomic E-state index is 12.6. The van der Waals surface area contributed by atoms with E-state index >= 15 is 0 Å². The number of benzene rings is 2. The van der Waals surface area contributed by atoms with Crippen molar-refractivity contribution < 1.29 is 23.9 Å². The third-order valence-electron chi connectivity index (χ3n) is 4.99. The van der Waals surface area contributed by atoms with Gasteiger partial charge in [-0.05, 0) is 36.8 Å². The molecule has 2 aliphatic heterocycles. The van der Waals surface area contributed by atoms with E-state index in [-0.39, 0.29) is 30.9 Å². The second-order valence-electron chi connectivity index (χ2n) is 6.96. The van der Waals surface area contributed by atoms with Gasteiger partial charge in [0, 0.05) is 29.2 Å². The van der Waals surface area contributed by atoms with E-state index in [1.807, 2.05) is 0 Å². The molecule has 0 aliphatic carbocycles. The Hall–Kier alpha value is -3.07. The lowest BCUT2D eigenvalue weighted by molar-refractivity contribution is -0.123. The smallest absolute Gasteiger partial charge is 0.265 e. The number of hydrogen-bond donors (Lipinski definition) is 1. The first-order valence-electron chi connectivity index (χ1n) is 9.47. The molecule has 2 aliphatic rings. The molecule has 0 spiro atoms. The summed E-state index contributed by atoms with van der Waals surface area (Å²) in [5.74, 6) is 0.451. The summed E-state index contributed by atoms with van der Waals surface area (Å²) in [6.45, 7) is 0.379. The van der Waals surface area contributed by atoms with Gasteiger partial charge in [-0.25, -0.2) is 0 Å². The molecule has 4 rings (SSSR count). The fourth-order valence-electron chi connectivity index (χ4n) is 3.58. The van der Waals surface area contributed by atoms with Crippen molar-refractivity contribution in [2.45, 2.75) is 12.8 Å². The zero-order valence-electron chi connectivity index (χ0n) is 16.3. The van der Waals surface area contributed by atoms with Gasteiger partial charge in [0.25, 0.3) is 5.91 Å². The Balaban J connectivity index is 1.49.